The Balaban J connectivity index is 2.52. The van der Waals surface area contributed by atoms with Crippen molar-refractivity contribution < 1.29 is 0 Å². The molecule has 0 N–H and O–H groups in total. The van der Waals surface area contributed by atoms with Gasteiger partial charge in [-0.25, -0.2) is 0 Å². The van der Waals surface area contributed by atoms with Crippen LogP contribution < -0.4 is 4.90 Å². The van der Waals surface area contributed by atoms with Gasteiger partial charge in [0.1, 0.15) is 0 Å². The monoisotopic (exact) mass is 323 g/mol. The summed E-state index contributed by atoms with van der Waals surface area (Å²) >= 11 is 9.86. The van der Waals surface area contributed by atoms with Crippen molar-refractivity contribution in [3.05, 3.63) is 58.6 Å². The van der Waals surface area contributed by atoms with E-state index >= 15 is 0 Å². The van der Waals surface area contributed by atoms with Gasteiger partial charge in [-0.2, -0.15) is 0 Å². The molecular weight excluding hydrogens is 310 g/mol. The Bertz CT molecular complexity index is 554. The summed E-state index contributed by atoms with van der Waals surface area (Å²) < 4.78 is 0. The summed E-state index contributed by atoms with van der Waals surface area (Å²) in [6, 6.07) is 14.3. The summed E-state index contributed by atoms with van der Waals surface area (Å²) in [5.74, 6) is 0. The Morgan fingerprint density at radius 3 is 2.50 bits per heavy atom. The van der Waals surface area contributed by atoms with E-state index in [-0.39, 0.29) is 0 Å². The van der Waals surface area contributed by atoms with Gasteiger partial charge in [0.2, 0.25) is 0 Å². The molecule has 2 aromatic rings. The highest BCUT2D eigenvalue weighted by molar-refractivity contribution is 9.08. The second-order valence-corrected chi connectivity index (χ2v) is 5.19. The molecule has 0 atom stereocenters. The summed E-state index contributed by atoms with van der Waals surface area (Å²) in [5, 5.41) is 1.57. The summed E-state index contributed by atoms with van der Waals surface area (Å²) in [5.41, 5.74) is 4.66. The zero-order valence-corrected chi connectivity index (χ0v) is 12.8. The van der Waals surface area contributed by atoms with Gasteiger partial charge in [-0.1, -0.05) is 57.9 Å². The van der Waals surface area contributed by atoms with Crippen LogP contribution in [0, 0.1) is 6.92 Å². The van der Waals surface area contributed by atoms with E-state index in [1.54, 1.807) is 0 Å². The second-order valence-electron chi connectivity index (χ2n) is 4.23. The maximum Gasteiger partial charge on any atom is 0.0646 e. The summed E-state index contributed by atoms with van der Waals surface area (Å²) in [6.45, 7) is 2.11. The van der Waals surface area contributed by atoms with Gasteiger partial charge in [-0.05, 0) is 30.2 Å². The van der Waals surface area contributed by atoms with Crippen LogP contribution in [0.15, 0.2) is 42.5 Å². The van der Waals surface area contributed by atoms with Crippen LogP contribution in [0.2, 0.25) is 5.02 Å². The molecule has 0 heterocycles. The van der Waals surface area contributed by atoms with Gasteiger partial charge in [0.25, 0.3) is 0 Å². The van der Waals surface area contributed by atoms with Crippen molar-refractivity contribution in [3.63, 3.8) is 0 Å². The van der Waals surface area contributed by atoms with Gasteiger partial charge < -0.3 is 4.90 Å². The second kappa shape index (κ2) is 5.77. The Morgan fingerprint density at radius 2 is 1.83 bits per heavy atom. The third-order valence-electron chi connectivity index (χ3n) is 3.03. The number of rotatable bonds is 3. The molecular formula is C15H15BrClN. The zero-order valence-electron chi connectivity index (χ0n) is 10.5. The van der Waals surface area contributed by atoms with Crippen molar-refractivity contribution in [1.29, 1.82) is 0 Å². The number of anilines is 2. The normalized spacial score (nSPS) is 10.4. The van der Waals surface area contributed by atoms with Crippen LogP contribution in [0.3, 0.4) is 0 Å². The maximum atomic E-state index is 6.34. The third-order valence-corrected chi connectivity index (χ3v) is 3.94. The van der Waals surface area contributed by atoms with E-state index in [4.69, 9.17) is 11.6 Å². The number of halogens is 2. The van der Waals surface area contributed by atoms with Crippen molar-refractivity contribution in [2.24, 2.45) is 0 Å². The van der Waals surface area contributed by atoms with Crippen LogP contribution in [0.4, 0.5) is 11.4 Å². The number of para-hydroxylation sites is 2. The first kappa shape index (κ1) is 13.4. The first-order valence-electron chi connectivity index (χ1n) is 5.78. The Kier molecular flexibility index (Phi) is 4.31. The van der Waals surface area contributed by atoms with Crippen LogP contribution in [0.1, 0.15) is 11.1 Å². The molecule has 0 aromatic heterocycles. The summed E-state index contributed by atoms with van der Waals surface area (Å²) in [7, 11) is 2.05. The van der Waals surface area contributed by atoms with E-state index in [0.717, 1.165) is 16.0 Å². The van der Waals surface area contributed by atoms with Crippen LogP contribution in [0.5, 0.6) is 0 Å². The Labute approximate surface area is 122 Å². The molecule has 3 heteroatoms. The molecule has 2 aromatic carbocycles. The first-order chi connectivity index (χ1) is 8.65. The third kappa shape index (κ3) is 2.55. The lowest BCUT2D eigenvalue weighted by atomic mass is 10.1. The molecule has 0 saturated heterocycles. The highest BCUT2D eigenvalue weighted by Gasteiger charge is 2.13. The van der Waals surface area contributed by atoms with Crippen molar-refractivity contribution in [3.8, 4) is 0 Å². The molecule has 0 aliphatic heterocycles. The van der Waals surface area contributed by atoms with Gasteiger partial charge in [0, 0.05) is 18.1 Å². The van der Waals surface area contributed by atoms with E-state index in [1.807, 2.05) is 24.3 Å². The van der Waals surface area contributed by atoms with E-state index in [1.165, 1.54) is 16.8 Å². The molecule has 0 aliphatic rings. The van der Waals surface area contributed by atoms with Crippen molar-refractivity contribution in [2.45, 2.75) is 12.3 Å². The average Bonchev–Trinajstić information content (AvgIpc) is 2.38. The Morgan fingerprint density at radius 1 is 1.11 bits per heavy atom. The van der Waals surface area contributed by atoms with Crippen molar-refractivity contribution in [1.82, 2.24) is 0 Å². The number of nitrogens with zero attached hydrogens (tertiary/aromatic N) is 1. The number of benzene rings is 2. The smallest absolute Gasteiger partial charge is 0.0646 e. The molecule has 0 radical (unpaired) electrons. The summed E-state index contributed by atoms with van der Waals surface area (Å²) in [6.07, 6.45) is 0. The number of hydrogen-bond acceptors (Lipinski definition) is 1. The van der Waals surface area contributed by atoms with Crippen LogP contribution >= 0.6 is 27.5 Å². The number of hydrogen-bond donors (Lipinski definition) is 0. The lowest BCUT2D eigenvalue weighted by molar-refractivity contribution is 1.16. The molecule has 18 heavy (non-hydrogen) atoms. The lowest BCUT2D eigenvalue weighted by Gasteiger charge is -2.25. The van der Waals surface area contributed by atoms with Gasteiger partial charge >= 0.3 is 0 Å². The highest BCUT2D eigenvalue weighted by atomic mass is 79.9. The number of alkyl halides is 1. The van der Waals surface area contributed by atoms with Crippen LogP contribution in [-0.2, 0) is 5.33 Å². The predicted molar refractivity (Wildman–Crippen MR) is 83.3 cm³/mol. The fourth-order valence-electron chi connectivity index (χ4n) is 2.10. The quantitative estimate of drug-likeness (QED) is 0.691. The molecule has 1 nitrogen and oxygen atoms in total. The zero-order chi connectivity index (χ0) is 13.1. The lowest BCUT2D eigenvalue weighted by Crippen LogP contribution is -2.13. The van der Waals surface area contributed by atoms with Crippen molar-refractivity contribution >= 4 is 38.9 Å². The van der Waals surface area contributed by atoms with Gasteiger partial charge in [-0.3, -0.25) is 0 Å². The average molecular weight is 325 g/mol. The fourth-order valence-corrected chi connectivity index (χ4v) is 2.88. The largest absolute Gasteiger partial charge is 0.343 e. The molecule has 94 valence electrons. The highest BCUT2D eigenvalue weighted by Crippen LogP contribution is 2.36. The maximum absolute atomic E-state index is 6.34. The van der Waals surface area contributed by atoms with Gasteiger partial charge in [-0.15, -0.1) is 0 Å². The molecule has 0 aliphatic carbocycles. The Hall–Kier alpha value is -0.990. The van der Waals surface area contributed by atoms with Gasteiger partial charge in [0.15, 0.2) is 0 Å². The minimum absolute atomic E-state index is 0.776. The first-order valence-corrected chi connectivity index (χ1v) is 7.28. The van der Waals surface area contributed by atoms with Crippen LogP contribution in [-0.4, -0.2) is 7.05 Å². The molecule has 0 unspecified atom stereocenters. The molecule has 0 fully saturated rings. The van der Waals surface area contributed by atoms with E-state index in [2.05, 4.69) is 53.0 Å². The minimum atomic E-state index is 0.776. The standard InChI is InChI=1S/C15H15BrClN/c1-11-6-3-4-9-14(11)18(2)15-12(10-16)7-5-8-13(15)17/h3-9H,10H2,1-2H3. The summed E-state index contributed by atoms with van der Waals surface area (Å²) in [4.78, 5) is 2.15. The topological polar surface area (TPSA) is 3.24 Å². The van der Waals surface area contributed by atoms with Gasteiger partial charge in [0.05, 0.1) is 10.7 Å². The van der Waals surface area contributed by atoms with Crippen molar-refractivity contribution in [2.75, 3.05) is 11.9 Å². The molecule has 2 rings (SSSR count). The molecule has 0 spiro atoms. The molecule has 0 amide bonds. The molecule has 0 bridgehead atoms. The predicted octanol–water partition coefficient (Wildman–Crippen LogP) is 5.31. The SMILES string of the molecule is Cc1ccccc1N(C)c1c(Cl)cccc1CBr. The fraction of sp³-hybridized carbons (Fsp3) is 0.200. The van der Waals surface area contributed by atoms with E-state index in [0.29, 0.717) is 0 Å². The molecule has 0 saturated carbocycles. The minimum Gasteiger partial charge on any atom is -0.343 e. The number of aryl methyl sites for hydroxylation is 1. The van der Waals surface area contributed by atoms with E-state index in [9.17, 15) is 0 Å². The van der Waals surface area contributed by atoms with E-state index < -0.39 is 0 Å². The van der Waals surface area contributed by atoms with Crippen LogP contribution in [0.25, 0.3) is 0 Å².